The predicted molar refractivity (Wildman–Crippen MR) is 86.1 cm³/mol. The molecule has 0 aliphatic carbocycles. The van der Waals surface area contributed by atoms with Gasteiger partial charge in [0.05, 0.1) is 18.6 Å². The van der Waals surface area contributed by atoms with E-state index in [1.807, 2.05) is 28.8 Å². The number of ether oxygens (including phenoxy) is 1. The normalized spacial score (nSPS) is 11.5. The van der Waals surface area contributed by atoms with E-state index in [9.17, 15) is 8.42 Å². The number of sulfonamides is 1. The minimum absolute atomic E-state index is 0.101. The fourth-order valence-corrected chi connectivity index (χ4v) is 3.55. The molecule has 120 valence electrons. The summed E-state index contributed by atoms with van der Waals surface area (Å²) in [5.74, 6) is 1.50. The maximum Gasteiger partial charge on any atom is 0.211 e. The van der Waals surface area contributed by atoms with Gasteiger partial charge in [-0.1, -0.05) is 17.8 Å². The summed E-state index contributed by atoms with van der Waals surface area (Å²) in [6.45, 7) is 0. The van der Waals surface area contributed by atoms with Gasteiger partial charge in [-0.15, -0.1) is 10.2 Å². The number of aromatic nitrogens is 3. The number of methoxy groups -OCH3 is 1. The largest absolute Gasteiger partial charge is 0.497 e. The van der Waals surface area contributed by atoms with Crippen molar-refractivity contribution in [3.05, 3.63) is 30.6 Å². The Morgan fingerprint density at radius 2 is 2.23 bits per heavy atom. The highest BCUT2D eigenvalue weighted by Gasteiger charge is 2.10. The molecule has 1 N–H and O–H groups in total. The second kappa shape index (κ2) is 7.61. The summed E-state index contributed by atoms with van der Waals surface area (Å²) in [6.07, 6.45) is 2.17. The minimum atomic E-state index is -3.15. The zero-order valence-corrected chi connectivity index (χ0v) is 14.0. The molecule has 0 bridgehead atoms. The summed E-state index contributed by atoms with van der Waals surface area (Å²) in [5, 5.41) is 8.71. The lowest BCUT2D eigenvalue weighted by molar-refractivity contribution is 0.414. The molecule has 2 aromatic rings. The minimum Gasteiger partial charge on any atom is -0.497 e. The molecule has 1 heterocycles. The van der Waals surface area contributed by atoms with Crippen molar-refractivity contribution in [1.29, 1.82) is 0 Å². The van der Waals surface area contributed by atoms with E-state index in [-0.39, 0.29) is 5.75 Å². The van der Waals surface area contributed by atoms with Gasteiger partial charge in [0, 0.05) is 11.8 Å². The molecular formula is C13H18N4O3S2. The highest BCUT2D eigenvalue weighted by molar-refractivity contribution is 7.99. The third-order valence-electron chi connectivity index (χ3n) is 2.95. The Bertz CT molecular complexity index is 716. The van der Waals surface area contributed by atoms with Crippen LogP contribution < -0.4 is 9.46 Å². The zero-order chi connectivity index (χ0) is 16.0. The molecule has 0 fully saturated rings. The Morgan fingerprint density at radius 3 is 2.95 bits per heavy atom. The quantitative estimate of drug-likeness (QED) is 0.575. The van der Waals surface area contributed by atoms with Crippen molar-refractivity contribution in [3.8, 4) is 11.4 Å². The number of hydrogen-bond acceptors (Lipinski definition) is 6. The van der Waals surface area contributed by atoms with Crippen LogP contribution in [0.2, 0.25) is 0 Å². The summed E-state index contributed by atoms with van der Waals surface area (Å²) >= 11 is 1.47. The maximum absolute atomic E-state index is 11.4. The molecule has 7 nitrogen and oxygen atoms in total. The van der Waals surface area contributed by atoms with E-state index in [2.05, 4.69) is 14.9 Å². The first kappa shape index (κ1) is 16.8. The van der Waals surface area contributed by atoms with Crippen LogP contribution in [-0.4, -0.2) is 48.8 Å². The van der Waals surface area contributed by atoms with Gasteiger partial charge in [-0.3, -0.25) is 4.57 Å². The van der Waals surface area contributed by atoms with E-state index in [4.69, 9.17) is 4.74 Å². The molecule has 0 unspecified atom stereocenters. The Morgan fingerprint density at radius 1 is 1.41 bits per heavy atom. The third kappa shape index (κ3) is 4.46. The first-order valence-electron chi connectivity index (χ1n) is 6.64. The Hall–Kier alpha value is -1.58. The van der Waals surface area contributed by atoms with Gasteiger partial charge in [-0.25, -0.2) is 13.1 Å². The van der Waals surface area contributed by atoms with Crippen molar-refractivity contribution >= 4 is 21.8 Å². The third-order valence-corrected chi connectivity index (χ3v) is 5.43. The maximum atomic E-state index is 11.4. The van der Waals surface area contributed by atoms with Crippen LogP contribution in [0.15, 0.2) is 35.7 Å². The van der Waals surface area contributed by atoms with Crippen LogP contribution in [0.1, 0.15) is 6.42 Å². The van der Waals surface area contributed by atoms with Crippen molar-refractivity contribution in [2.75, 3.05) is 25.7 Å². The molecule has 0 spiro atoms. The van der Waals surface area contributed by atoms with E-state index >= 15 is 0 Å². The number of nitrogens with one attached hydrogen (secondary N) is 1. The topological polar surface area (TPSA) is 86.1 Å². The average molecular weight is 342 g/mol. The van der Waals surface area contributed by atoms with Crippen molar-refractivity contribution in [2.45, 2.75) is 11.6 Å². The van der Waals surface area contributed by atoms with Gasteiger partial charge in [0.25, 0.3) is 0 Å². The number of nitrogens with zero attached hydrogens (tertiary/aromatic N) is 3. The number of thioether (sulfide) groups is 1. The number of rotatable bonds is 8. The van der Waals surface area contributed by atoms with E-state index in [1.54, 1.807) is 13.4 Å². The molecule has 9 heteroatoms. The molecule has 1 aromatic carbocycles. The molecule has 0 saturated carbocycles. The molecule has 0 saturated heterocycles. The van der Waals surface area contributed by atoms with Crippen molar-refractivity contribution in [3.63, 3.8) is 0 Å². The molecule has 0 atom stereocenters. The van der Waals surface area contributed by atoms with Gasteiger partial charge < -0.3 is 4.74 Å². The highest BCUT2D eigenvalue weighted by atomic mass is 32.2. The fraction of sp³-hybridized carbons (Fsp3) is 0.385. The molecule has 0 amide bonds. The molecule has 0 radical (unpaired) electrons. The first-order valence-corrected chi connectivity index (χ1v) is 9.28. The summed E-state index contributed by atoms with van der Waals surface area (Å²) in [5.41, 5.74) is 0.898. The molecular weight excluding hydrogens is 324 g/mol. The van der Waals surface area contributed by atoms with Crippen LogP contribution in [0.5, 0.6) is 5.75 Å². The average Bonchev–Trinajstić information content (AvgIpc) is 3.00. The van der Waals surface area contributed by atoms with E-state index in [0.717, 1.165) is 16.6 Å². The zero-order valence-electron chi connectivity index (χ0n) is 12.4. The van der Waals surface area contributed by atoms with Crippen molar-refractivity contribution in [2.24, 2.45) is 0 Å². The lowest BCUT2D eigenvalue weighted by Crippen LogP contribution is -2.22. The summed E-state index contributed by atoms with van der Waals surface area (Å²) in [6, 6.07) is 7.58. The van der Waals surface area contributed by atoms with E-state index in [0.29, 0.717) is 12.2 Å². The molecule has 2 rings (SSSR count). The molecule has 22 heavy (non-hydrogen) atoms. The summed E-state index contributed by atoms with van der Waals surface area (Å²) in [7, 11) is -0.122. The second-order valence-electron chi connectivity index (χ2n) is 4.41. The predicted octanol–water partition coefficient (Wildman–Crippen LogP) is 1.31. The number of hydrogen-bond donors (Lipinski definition) is 1. The monoisotopic (exact) mass is 342 g/mol. The standard InChI is InChI=1S/C13H18N4O3S2/c1-14-22(18,19)8-4-7-21-13-16-15-10-17(13)11-5-3-6-12(9-11)20-2/h3,5-6,9-10,14H,4,7-8H2,1-2H3. The molecule has 0 aliphatic rings. The van der Waals surface area contributed by atoms with Crippen LogP contribution in [-0.2, 0) is 10.0 Å². The van der Waals surface area contributed by atoms with Crippen LogP contribution in [0, 0.1) is 0 Å². The Labute approximate surface area is 134 Å². The summed E-state index contributed by atoms with van der Waals surface area (Å²) in [4.78, 5) is 0. The smallest absolute Gasteiger partial charge is 0.211 e. The Balaban J connectivity index is 2.01. The highest BCUT2D eigenvalue weighted by Crippen LogP contribution is 2.22. The second-order valence-corrected chi connectivity index (χ2v) is 7.52. The summed E-state index contributed by atoms with van der Waals surface area (Å²) < 4.78 is 32.1. The van der Waals surface area contributed by atoms with Crippen molar-refractivity contribution in [1.82, 2.24) is 19.5 Å². The van der Waals surface area contributed by atoms with Gasteiger partial charge in [0.1, 0.15) is 12.1 Å². The fourth-order valence-electron chi connectivity index (χ4n) is 1.77. The van der Waals surface area contributed by atoms with Crippen LogP contribution in [0.3, 0.4) is 0 Å². The molecule has 0 aliphatic heterocycles. The lowest BCUT2D eigenvalue weighted by atomic mass is 10.3. The van der Waals surface area contributed by atoms with Gasteiger partial charge in [0.2, 0.25) is 10.0 Å². The van der Waals surface area contributed by atoms with E-state index < -0.39 is 10.0 Å². The van der Waals surface area contributed by atoms with Crippen LogP contribution >= 0.6 is 11.8 Å². The van der Waals surface area contributed by atoms with Crippen LogP contribution in [0.4, 0.5) is 0 Å². The van der Waals surface area contributed by atoms with E-state index in [1.165, 1.54) is 18.8 Å². The first-order chi connectivity index (χ1) is 10.6. The lowest BCUT2D eigenvalue weighted by Gasteiger charge is -2.08. The van der Waals surface area contributed by atoms with Crippen molar-refractivity contribution < 1.29 is 13.2 Å². The SMILES string of the molecule is CNS(=O)(=O)CCCSc1nncn1-c1cccc(OC)c1. The Kier molecular flexibility index (Phi) is 5.81. The van der Waals surface area contributed by atoms with Gasteiger partial charge in [-0.2, -0.15) is 0 Å². The van der Waals surface area contributed by atoms with Gasteiger partial charge in [0.15, 0.2) is 5.16 Å². The van der Waals surface area contributed by atoms with Gasteiger partial charge in [-0.05, 0) is 25.6 Å². The molecule has 1 aromatic heterocycles. The van der Waals surface area contributed by atoms with Crippen LogP contribution in [0.25, 0.3) is 5.69 Å². The number of benzene rings is 1. The van der Waals surface area contributed by atoms with Gasteiger partial charge >= 0.3 is 0 Å².